The lowest BCUT2D eigenvalue weighted by Gasteiger charge is -2.31. The van der Waals surface area contributed by atoms with E-state index in [0.717, 1.165) is 0 Å². The van der Waals surface area contributed by atoms with Crippen LogP contribution < -0.4 is 26.6 Å². The van der Waals surface area contributed by atoms with E-state index < -0.39 is 59.7 Å². The molecule has 0 bridgehead atoms. The first-order chi connectivity index (χ1) is 23.7. The maximum atomic E-state index is 13.7. The number of carbonyl (C=O) groups is 5. The summed E-state index contributed by atoms with van der Waals surface area (Å²) >= 11 is 1.52. The van der Waals surface area contributed by atoms with Gasteiger partial charge in [-0.15, -0.1) is 0 Å². The Kier molecular flexibility index (Phi) is 20.2. The number of nitrogens with one attached hydrogen (secondary N) is 5. The van der Waals surface area contributed by atoms with Crippen molar-refractivity contribution in [3.05, 3.63) is 30.1 Å². The molecule has 14 heteroatoms. The molecule has 0 saturated heterocycles. The zero-order valence-corrected chi connectivity index (χ0v) is 33.3. The smallest absolute Gasteiger partial charge is 0.408 e. The van der Waals surface area contributed by atoms with Gasteiger partial charge in [0.05, 0.1) is 24.4 Å². The van der Waals surface area contributed by atoms with Crippen LogP contribution in [0.25, 0.3) is 0 Å². The van der Waals surface area contributed by atoms with E-state index in [2.05, 4.69) is 31.6 Å². The number of pyridine rings is 1. The molecule has 6 atom stereocenters. The van der Waals surface area contributed by atoms with E-state index in [1.165, 1.54) is 11.8 Å². The topological polar surface area (TPSA) is 188 Å². The van der Waals surface area contributed by atoms with Crippen LogP contribution in [0.1, 0.15) is 101 Å². The highest BCUT2D eigenvalue weighted by Crippen LogP contribution is 2.18. The van der Waals surface area contributed by atoms with Crippen LogP contribution in [0.3, 0.4) is 0 Å². The van der Waals surface area contributed by atoms with Gasteiger partial charge in [-0.2, -0.15) is 11.8 Å². The Balaban J connectivity index is 3.03. The predicted molar refractivity (Wildman–Crippen MR) is 202 cm³/mol. The molecule has 1 aromatic heterocycles. The third-order valence-electron chi connectivity index (χ3n) is 7.94. The van der Waals surface area contributed by atoms with Crippen molar-refractivity contribution >= 4 is 41.5 Å². The quantitative estimate of drug-likeness (QED) is 0.109. The van der Waals surface area contributed by atoms with Crippen LogP contribution in [0.2, 0.25) is 0 Å². The first kappa shape index (κ1) is 45.6. The molecule has 0 saturated carbocycles. The number of thioether (sulfide) groups is 1. The Labute approximate surface area is 309 Å². The molecule has 1 rings (SSSR count). The van der Waals surface area contributed by atoms with E-state index in [0.29, 0.717) is 30.7 Å². The number of aliphatic hydroxyl groups excluding tert-OH is 1. The number of carbonyl (C=O) groups excluding carboxylic acids is 5. The van der Waals surface area contributed by atoms with Crippen LogP contribution in [0.15, 0.2) is 24.4 Å². The van der Waals surface area contributed by atoms with Gasteiger partial charge in [0.15, 0.2) is 0 Å². The van der Waals surface area contributed by atoms with E-state index in [4.69, 9.17) is 4.74 Å². The fourth-order valence-electron chi connectivity index (χ4n) is 5.29. The minimum Gasteiger partial charge on any atom is -0.444 e. The van der Waals surface area contributed by atoms with E-state index >= 15 is 0 Å². The van der Waals surface area contributed by atoms with Gasteiger partial charge in [-0.1, -0.05) is 54.5 Å². The molecule has 5 amide bonds. The van der Waals surface area contributed by atoms with Gasteiger partial charge in [0.1, 0.15) is 23.7 Å². The van der Waals surface area contributed by atoms with Gasteiger partial charge in [-0.25, -0.2) is 4.79 Å². The number of amides is 5. The Hall–Kier alpha value is -3.39. The van der Waals surface area contributed by atoms with Gasteiger partial charge < -0.3 is 36.4 Å². The number of hydrogen-bond acceptors (Lipinski definition) is 9. The lowest BCUT2D eigenvalue weighted by Crippen LogP contribution is -2.58. The van der Waals surface area contributed by atoms with Crippen molar-refractivity contribution < 1.29 is 33.8 Å². The molecule has 0 aliphatic rings. The van der Waals surface area contributed by atoms with Crippen LogP contribution in [0, 0.1) is 23.7 Å². The summed E-state index contributed by atoms with van der Waals surface area (Å²) in [5.74, 6) is -1.88. The van der Waals surface area contributed by atoms with Crippen molar-refractivity contribution in [1.29, 1.82) is 0 Å². The van der Waals surface area contributed by atoms with Gasteiger partial charge in [0.25, 0.3) is 0 Å². The Morgan fingerprint density at radius 2 is 1.43 bits per heavy atom. The lowest BCUT2D eigenvalue weighted by molar-refractivity contribution is -0.132. The monoisotopic (exact) mass is 736 g/mol. The second-order valence-corrected chi connectivity index (χ2v) is 16.4. The maximum Gasteiger partial charge on any atom is 0.408 e. The molecule has 13 nitrogen and oxygen atoms in total. The van der Waals surface area contributed by atoms with Crippen molar-refractivity contribution in [2.24, 2.45) is 23.7 Å². The molecule has 0 fully saturated rings. The molecule has 0 aliphatic carbocycles. The normalized spacial score (nSPS) is 15.3. The van der Waals surface area contributed by atoms with Crippen molar-refractivity contribution in [1.82, 2.24) is 31.6 Å². The molecule has 1 aromatic rings. The molecule has 0 radical (unpaired) electrons. The number of rotatable bonds is 21. The van der Waals surface area contributed by atoms with Crippen LogP contribution in [0.5, 0.6) is 0 Å². The SMILES string of the molecule is CSCC[C@H](NC(=O)[C@@H](NC(=O)OC(C)(C)C)C(C)C)C(=O)N[C@@H](CC(C)C)[C@@H](O)C[C@@H](C)C(=O)N[C@@H](CC(C)C)C(=O)NCc1ccccn1. The number of nitrogens with zero attached hydrogens (tertiary/aromatic N) is 1. The molecule has 6 N–H and O–H groups in total. The fourth-order valence-corrected chi connectivity index (χ4v) is 5.76. The summed E-state index contributed by atoms with van der Waals surface area (Å²) in [6.45, 7) is 18.5. The number of alkyl carbamates (subject to hydrolysis) is 1. The fraction of sp³-hybridized carbons (Fsp3) is 0.730. The third-order valence-corrected chi connectivity index (χ3v) is 8.58. The van der Waals surface area contributed by atoms with Gasteiger partial charge in [-0.3, -0.25) is 24.2 Å². The number of aliphatic hydroxyl groups is 1. The number of ether oxygens (including phenoxy) is 1. The second kappa shape index (κ2) is 22.5. The molecule has 51 heavy (non-hydrogen) atoms. The van der Waals surface area contributed by atoms with Crippen LogP contribution >= 0.6 is 11.8 Å². The summed E-state index contributed by atoms with van der Waals surface area (Å²) in [7, 11) is 0. The Bertz CT molecular complexity index is 1240. The highest BCUT2D eigenvalue weighted by molar-refractivity contribution is 7.98. The molecular formula is C37H64N6O7S. The molecule has 290 valence electrons. The maximum absolute atomic E-state index is 13.7. The van der Waals surface area contributed by atoms with E-state index in [9.17, 15) is 29.1 Å². The van der Waals surface area contributed by atoms with Crippen molar-refractivity contribution in [3.63, 3.8) is 0 Å². The summed E-state index contributed by atoms with van der Waals surface area (Å²) < 4.78 is 5.34. The van der Waals surface area contributed by atoms with Crippen LogP contribution in [0.4, 0.5) is 4.79 Å². The van der Waals surface area contributed by atoms with Crippen molar-refractivity contribution in [2.75, 3.05) is 12.0 Å². The Morgan fingerprint density at radius 1 is 0.804 bits per heavy atom. The molecular weight excluding hydrogens is 673 g/mol. The predicted octanol–water partition coefficient (Wildman–Crippen LogP) is 3.93. The largest absolute Gasteiger partial charge is 0.444 e. The molecule has 0 spiro atoms. The molecule has 1 heterocycles. The zero-order valence-electron chi connectivity index (χ0n) is 32.5. The first-order valence-corrected chi connectivity index (χ1v) is 19.4. The Morgan fingerprint density at radius 3 is 1.96 bits per heavy atom. The average molecular weight is 737 g/mol. The van der Waals surface area contributed by atoms with Gasteiger partial charge in [0.2, 0.25) is 23.6 Å². The van der Waals surface area contributed by atoms with Crippen LogP contribution in [-0.4, -0.2) is 87.7 Å². The summed E-state index contributed by atoms with van der Waals surface area (Å²) in [6, 6.07) is 2.06. The number of aromatic nitrogens is 1. The summed E-state index contributed by atoms with van der Waals surface area (Å²) in [6.07, 6.45) is 2.91. The van der Waals surface area contributed by atoms with Gasteiger partial charge in [0, 0.05) is 12.1 Å². The second-order valence-electron chi connectivity index (χ2n) is 15.4. The highest BCUT2D eigenvalue weighted by atomic mass is 32.2. The van der Waals surface area contributed by atoms with Crippen LogP contribution in [-0.2, 0) is 30.5 Å². The first-order valence-electron chi connectivity index (χ1n) is 18.0. The summed E-state index contributed by atoms with van der Waals surface area (Å²) in [5.41, 5.74) is -0.0549. The number of hydrogen-bond donors (Lipinski definition) is 6. The van der Waals surface area contributed by atoms with E-state index in [1.807, 2.05) is 40.0 Å². The van der Waals surface area contributed by atoms with Gasteiger partial charge >= 0.3 is 6.09 Å². The summed E-state index contributed by atoms with van der Waals surface area (Å²) in [5, 5.41) is 25.5. The highest BCUT2D eigenvalue weighted by Gasteiger charge is 2.33. The van der Waals surface area contributed by atoms with Gasteiger partial charge in [-0.05, 0) is 88.3 Å². The van der Waals surface area contributed by atoms with E-state index in [-0.39, 0.29) is 42.5 Å². The minimum absolute atomic E-state index is 0.0323. The zero-order chi connectivity index (χ0) is 38.9. The van der Waals surface area contributed by atoms with E-state index in [1.54, 1.807) is 59.9 Å². The minimum atomic E-state index is -1.09. The average Bonchev–Trinajstić information content (AvgIpc) is 3.02. The van der Waals surface area contributed by atoms with Crippen molar-refractivity contribution in [3.8, 4) is 0 Å². The van der Waals surface area contributed by atoms with Crippen molar-refractivity contribution in [2.45, 2.75) is 137 Å². The lowest BCUT2D eigenvalue weighted by atomic mass is 9.91. The standard InChI is InChI=1S/C37H64N6O7S/c1-22(2)18-28(41-34(47)27(15-17-51-11)40-35(48)31(24(5)6)43-36(49)50-37(8,9)10)30(44)20-25(7)32(45)42-29(19-23(3)4)33(46)39-21-26-14-12-13-16-38-26/h12-14,16,22-25,27-31,44H,15,17-21H2,1-11H3,(H,39,46)(H,40,48)(H,41,47)(H,42,45)(H,43,49)/t25-,27+,28+,29+,30+,31+/m1/s1. The summed E-state index contributed by atoms with van der Waals surface area (Å²) in [4.78, 5) is 70.2. The molecule has 0 aromatic carbocycles. The molecule has 0 aliphatic heterocycles. The molecule has 0 unspecified atom stereocenters. The third kappa shape index (κ3) is 18.6.